The van der Waals surface area contributed by atoms with Crippen molar-refractivity contribution >= 4 is 17.6 Å². The van der Waals surface area contributed by atoms with Crippen LogP contribution in [0, 0.1) is 0 Å². The molecule has 234 valence electrons. The van der Waals surface area contributed by atoms with E-state index in [1.807, 2.05) is 54.6 Å². The van der Waals surface area contributed by atoms with Gasteiger partial charge in [0.15, 0.2) is 5.82 Å². The van der Waals surface area contributed by atoms with Crippen molar-refractivity contribution in [2.75, 3.05) is 18.4 Å². The Morgan fingerprint density at radius 2 is 1.46 bits per heavy atom. The number of nitrogens with one attached hydrogen (secondary N) is 1. The van der Waals surface area contributed by atoms with E-state index in [4.69, 9.17) is 4.74 Å². The number of ether oxygens (including phenoxy) is 1. The highest BCUT2D eigenvalue weighted by molar-refractivity contribution is 6.05. The molecule has 2 amide bonds. The highest BCUT2D eigenvalue weighted by Gasteiger charge is 2.39. The Labute approximate surface area is 264 Å². The molecule has 1 heterocycles. The fourth-order valence-electron chi connectivity index (χ4n) is 5.77. The van der Waals surface area contributed by atoms with Crippen LogP contribution in [-0.4, -0.2) is 45.5 Å². The molecule has 0 aliphatic heterocycles. The van der Waals surface area contributed by atoms with E-state index < -0.39 is 30.5 Å². The highest BCUT2D eigenvalue weighted by Crippen LogP contribution is 2.45. The van der Waals surface area contributed by atoms with Crippen LogP contribution in [0.3, 0.4) is 0 Å². The summed E-state index contributed by atoms with van der Waals surface area (Å²) in [4.78, 5) is 32.0. The Hall–Kier alpha value is -5.38. The number of carbonyl (C=O) groups is 2. The number of aromatic nitrogens is 2. The lowest BCUT2D eigenvalue weighted by Crippen LogP contribution is -2.42. The third-order valence-corrected chi connectivity index (χ3v) is 7.83. The number of fused-ring (bicyclic) bond motifs is 3. The van der Waals surface area contributed by atoms with Gasteiger partial charge in [-0.15, -0.1) is 0 Å². The van der Waals surface area contributed by atoms with E-state index in [9.17, 15) is 22.8 Å². The summed E-state index contributed by atoms with van der Waals surface area (Å²) >= 11 is 0. The lowest BCUT2D eigenvalue weighted by Gasteiger charge is -2.27. The molecule has 10 heteroatoms. The van der Waals surface area contributed by atoms with Gasteiger partial charge in [-0.25, -0.2) is 4.98 Å². The number of hydrogen-bond donors (Lipinski definition) is 1. The molecule has 6 rings (SSSR count). The van der Waals surface area contributed by atoms with Crippen molar-refractivity contribution in [2.24, 2.45) is 0 Å². The fraction of sp³-hybridized carbons (Fsp3) is 0.194. The zero-order chi connectivity index (χ0) is 32.1. The van der Waals surface area contributed by atoms with Gasteiger partial charge in [-0.1, -0.05) is 78.9 Å². The molecular weight excluding hydrogens is 593 g/mol. The summed E-state index contributed by atoms with van der Waals surface area (Å²) in [5.74, 6) is -0.412. The minimum Gasteiger partial charge on any atom is -0.457 e. The summed E-state index contributed by atoms with van der Waals surface area (Å²) < 4.78 is 48.5. The standard InChI is InChI=1S/C36H31F3N4O3/c37-36(38,39)23-43(35(45)33-28-16-6-4-14-26(28)27-15-5-7-17-29(27)33)21-11-10-20-42-22-32(40-24-42)41-34(44)30-18-8-9-19-31(30)46-25-12-2-1-3-13-25/h1-9,12-19,22,24,33H,10-11,20-21,23H2,(H,41,44). The second-order valence-corrected chi connectivity index (χ2v) is 11.1. The monoisotopic (exact) mass is 624 g/mol. The van der Waals surface area contributed by atoms with Crippen LogP contribution in [0.25, 0.3) is 11.1 Å². The van der Waals surface area contributed by atoms with Gasteiger partial charge in [0.05, 0.1) is 17.8 Å². The van der Waals surface area contributed by atoms with Crippen molar-refractivity contribution in [1.82, 2.24) is 14.5 Å². The van der Waals surface area contributed by atoms with Crippen LogP contribution in [0.1, 0.15) is 40.2 Å². The number of aryl methyl sites for hydroxylation is 1. The fourth-order valence-corrected chi connectivity index (χ4v) is 5.77. The molecule has 1 aliphatic rings. The number of carbonyl (C=O) groups excluding carboxylic acids is 2. The predicted molar refractivity (Wildman–Crippen MR) is 169 cm³/mol. The topological polar surface area (TPSA) is 76.5 Å². The molecule has 5 aromatic rings. The van der Waals surface area contributed by atoms with Gasteiger partial charge in [0, 0.05) is 19.3 Å². The SMILES string of the molecule is O=C(Nc1cn(CCCCN(CC(F)(F)F)C(=O)C2c3ccccc3-c3ccccc32)cn1)c1ccccc1Oc1ccccc1. The zero-order valence-electron chi connectivity index (χ0n) is 24.8. The molecule has 46 heavy (non-hydrogen) atoms. The van der Waals surface area contributed by atoms with E-state index in [0.717, 1.165) is 27.2 Å². The van der Waals surface area contributed by atoms with Crippen LogP contribution in [0.2, 0.25) is 0 Å². The number of hydrogen-bond acceptors (Lipinski definition) is 4. The van der Waals surface area contributed by atoms with Crippen LogP contribution >= 0.6 is 0 Å². The molecule has 1 N–H and O–H groups in total. The third-order valence-electron chi connectivity index (χ3n) is 7.83. The van der Waals surface area contributed by atoms with Gasteiger partial charge in [0.1, 0.15) is 18.0 Å². The van der Waals surface area contributed by atoms with Crippen molar-refractivity contribution < 1.29 is 27.5 Å². The van der Waals surface area contributed by atoms with Gasteiger partial charge in [0.2, 0.25) is 5.91 Å². The van der Waals surface area contributed by atoms with E-state index in [2.05, 4.69) is 10.3 Å². The second-order valence-electron chi connectivity index (χ2n) is 11.1. The van der Waals surface area contributed by atoms with E-state index >= 15 is 0 Å². The molecule has 1 aliphatic carbocycles. The largest absolute Gasteiger partial charge is 0.457 e. The van der Waals surface area contributed by atoms with Gasteiger partial charge in [-0.2, -0.15) is 13.2 Å². The maximum Gasteiger partial charge on any atom is 0.406 e. The van der Waals surface area contributed by atoms with Crippen LogP contribution in [-0.2, 0) is 11.3 Å². The summed E-state index contributed by atoms with van der Waals surface area (Å²) in [6.07, 6.45) is -0.481. The highest BCUT2D eigenvalue weighted by atomic mass is 19.4. The minimum atomic E-state index is -4.53. The molecule has 0 radical (unpaired) electrons. The van der Waals surface area contributed by atoms with E-state index in [1.54, 1.807) is 65.6 Å². The normalized spacial score (nSPS) is 12.3. The Morgan fingerprint density at radius 1 is 0.826 bits per heavy atom. The first kappa shape index (κ1) is 30.6. The van der Waals surface area contributed by atoms with Crippen LogP contribution in [0.4, 0.5) is 19.0 Å². The number of para-hydroxylation sites is 2. The average molecular weight is 625 g/mol. The molecule has 0 spiro atoms. The van der Waals surface area contributed by atoms with Gasteiger partial charge in [0.25, 0.3) is 5.91 Å². The zero-order valence-corrected chi connectivity index (χ0v) is 24.8. The summed E-state index contributed by atoms with van der Waals surface area (Å²) in [7, 11) is 0. The maximum atomic E-state index is 13.7. The second kappa shape index (κ2) is 13.3. The lowest BCUT2D eigenvalue weighted by molar-refractivity contribution is -0.161. The number of halogens is 3. The number of anilines is 1. The molecule has 0 saturated carbocycles. The van der Waals surface area contributed by atoms with E-state index in [-0.39, 0.29) is 6.54 Å². The van der Waals surface area contributed by atoms with Crippen LogP contribution < -0.4 is 10.1 Å². The smallest absolute Gasteiger partial charge is 0.406 e. The van der Waals surface area contributed by atoms with Gasteiger partial charge in [-0.3, -0.25) is 9.59 Å². The molecule has 0 bridgehead atoms. The lowest BCUT2D eigenvalue weighted by atomic mass is 9.95. The number of benzene rings is 4. The van der Waals surface area contributed by atoms with Gasteiger partial charge < -0.3 is 19.5 Å². The molecule has 0 unspecified atom stereocenters. The molecule has 4 aromatic carbocycles. The number of amides is 2. The summed E-state index contributed by atoms with van der Waals surface area (Å²) in [5, 5.41) is 2.77. The number of rotatable bonds is 11. The molecule has 0 fully saturated rings. The average Bonchev–Trinajstić information content (AvgIpc) is 3.64. The minimum absolute atomic E-state index is 0.0460. The Balaban J connectivity index is 1.07. The van der Waals surface area contributed by atoms with Gasteiger partial charge >= 0.3 is 6.18 Å². The molecule has 7 nitrogen and oxygen atoms in total. The molecule has 1 aromatic heterocycles. The molecule has 0 atom stereocenters. The molecule has 0 saturated heterocycles. The van der Waals surface area contributed by atoms with Crippen molar-refractivity contribution in [3.63, 3.8) is 0 Å². The predicted octanol–water partition coefficient (Wildman–Crippen LogP) is 7.91. The van der Waals surface area contributed by atoms with Gasteiger partial charge in [-0.05, 0) is 59.4 Å². The van der Waals surface area contributed by atoms with E-state index in [0.29, 0.717) is 42.3 Å². The van der Waals surface area contributed by atoms with Crippen molar-refractivity contribution in [3.8, 4) is 22.6 Å². The Bertz CT molecular complexity index is 1790. The van der Waals surface area contributed by atoms with Crippen molar-refractivity contribution in [2.45, 2.75) is 31.5 Å². The summed E-state index contributed by atoms with van der Waals surface area (Å²) in [6.45, 7) is -0.918. The summed E-state index contributed by atoms with van der Waals surface area (Å²) in [5.41, 5.74) is 3.53. The summed E-state index contributed by atoms with van der Waals surface area (Å²) in [6, 6.07) is 30.8. The van der Waals surface area contributed by atoms with Crippen molar-refractivity contribution in [1.29, 1.82) is 0 Å². The number of unbranched alkanes of at least 4 members (excludes halogenated alkanes) is 1. The van der Waals surface area contributed by atoms with Crippen LogP contribution in [0.15, 0.2) is 116 Å². The van der Waals surface area contributed by atoms with E-state index in [1.165, 1.54) is 0 Å². The third kappa shape index (κ3) is 6.96. The Morgan fingerprint density at radius 3 is 2.15 bits per heavy atom. The maximum absolute atomic E-state index is 13.7. The quantitative estimate of drug-likeness (QED) is 0.152. The first-order valence-corrected chi connectivity index (χ1v) is 15.0. The Kier molecular flexibility index (Phi) is 8.87. The number of alkyl halides is 3. The van der Waals surface area contributed by atoms with Crippen LogP contribution in [0.5, 0.6) is 11.5 Å². The van der Waals surface area contributed by atoms with Crippen molar-refractivity contribution in [3.05, 3.63) is 132 Å². The first-order valence-electron chi connectivity index (χ1n) is 15.0. The number of nitrogens with zero attached hydrogens (tertiary/aromatic N) is 3. The number of imidazole rings is 1. The molecular formula is C36H31F3N4O3. The first-order chi connectivity index (χ1) is 22.3.